The van der Waals surface area contributed by atoms with Gasteiger partial charge in [0.15, 0.2) is 5.78 Å². The summed E-state index contributed by atoms with van der Waals surface area (Å²) >= 11 is 0. The summed E-state index contributed by atoms with van der Waals surface area (Å²) in [5.74, 6) is -0.751. The van der Waals surface area contributed by atoms with Crippen molar-refractivity contribution in [3.05, 3.63) is 29.6 Å². The van der Waals surface area contributed by atoms with Crippen molar-refractivity contribution in [1.82, 2.24) is 0 Å². The van der Waals surface area contributed by atoms with E-state index in [4.69, 9.17) is 0 Å². The summed E-state index contributed by atoms with van der Waals surface area (Å²) < 4.78 is 13.2. The van der Waals surface area contributed by atoms with Crippen LogP contribution in [0.3, 0.4) is 0 Å². The second kappa shape index (κ2) is 3.97. The van der Waals surface area contributed by atoms with Crippen molar-refractivity contribution in [3.63, 3.8) is 0 Å². The van der Waals surface area contributed by atoms with Crippen molar-refractivity contribution in [2.45, 2.75) is 13.8 Å². The quantitative estimate of drug-likeness (QED) is 0.525. The van der Waals surface area contributed by atoms with Crippen molar-refractivity contribution in [1.29, 1.82) is 0 Å². The summed E-state index contributed by atoms with van der Waals surface area (Å²) in [7, 11) is 2.39. The zero-order valence-electron chi connectivity index (χ0n) is 7.67. The van der Waals surface area contributed by atoms with Crippen LogP contribution < -0.4 is 5.30 Å². The molecule has 0 bridgehead atoms. The monoisotopic (exact) mass is 198 g/mol. The highest BCUT2D eigenvalue weighted by Gasteiger charge is 2.14. The molecule has 0 aliphatic carbocycles. The summed E-state index contributed by atoms with van der Waals surface area (Å²) in [6.07, 6.45) is 0. The molecule has 1 atom stereocenters. The molecule has 0 saturated carbocycles. The minimum Gasteiger partial charge on any atom is -0.294 e. The van der Waals surface area contributed by atoms with E-state index >= 15 is 0 Å². The fourth-order valence-electron chi connectivity index (χ4n) is 1.04. The third-order valence-corrected chi connectivity index (χ3v) is 2.14. The largest absolute Gasteiger partial charge is 0.294 e. The van der Waals surface area contributed by atoms with Crippen molar-refractivity contribution in [3.8, 4) is 0 Å². The lowest BCUT2D eigenvalue weighted by atomic mass is 10.0. The first kappa shape index (κ1) is 10.3. The Labute approximate surface area is 79.5 Å². The number of hydrogen-bond acceptors (Lipinski definition) is 1. The van der Waals surface area contributed by atoms with Gasteiger partial charge in [-0.3, -0.25) is 4.79 Å². The molecule has 13 heavy (non-hydrogen) atoms. The smallest absolute Gasteiger partial charge is 0.168 e. The highest BCUT2D eigenvalue weighted by Crippen LogP contribution is 2.12. The zero-order chi connectivity index (χ0) is 10.0. The lowest BCUT2D eigenvalue weighted by Crippen LogP contribution is -2.11. The van der Waals surface area contributed by atoms with Gasteiger partial charge in [-0.05, 0) is 17.4 Å². The molecule has 1 aromatic carbocycles. The average molecular weight is 198 g/mol. The van der Waals surface area contributed by atoms with E-state index in [1.54, 1.807) is 19.9 Å². The van der Waals surface area contributed by atoms with Crippen LogP contribution in [-0.2, 0) is 0 Å². The molecule has 0 heterocycles. The minimum atomic E-state index is -0.439. The van der Waals surface area contributed by atoms with Crippen LogP contribution in [0.15, 0.2) is 18.2 Å². The predicted molar refractivity (Wildman–Crippen MR) is 54.9 cm³/mol. The normalized spacial score (nSPS) is 10.5. The fourth-order valence-corrected chi connectivity index (χ4v) is 1.28. The van der Waals surface area contributed by atoms with E-state index < -0.39 is 5.82 Å². The van der Waals surface area contributed by atoms with E-state index in [-0.39, 0.29) is 17.3 Å². The van der Waals surface area contributed by atoms with Gasteiger partial charge < -0.3 is 0 Å². The van der Waals surface area contributed by atoms with Gasteiger partial charge in [-0.2, -0.15) is 0 Å². The number of halogens is 1. The van der Waals surface area contributed by atoms with Gasteiger partial charge in [0.25, 0.3) is 0 Å². The lowest BCUT2D eigenvalue weighted by molar-refractivity contribution is 0.0935. The number of carbonyl (C=O) groups is 1. The Morgan fingerprint density at radius 2 is 2.08 bits per heavy atom. The molecular weight excluding hydrogens is 186 g/mol. The number of rotatable bonds is 2. The number of Topliss-reactive ketones (excluding diaryl/α,β-unsaturated/α-hetero) is 1. The third kappa shape index (κ3) is 2.35. The molecular formula is C10H12FOP. The molecule has 3 heteroatoms. The van der Waals surface area contributed by atoms with Gasteiger partial charge in [0.1, 0.15) is 5.82 Å². The van der Waals surface area contributed by atoms with Crippen LogP contribution in [0.4, 0.5) is 4.39 Å². The maximum Gasteiger partial charge on any atom is 0.168 e. The van der Waals surface area contributed by atoms with Crippen LogP contribution in [0.5, 0.6) is 0 Å². The van der Waals surface area contributed by atoms with Gasteiger partial charge >= 0.3 is 0 Å². The topological polar surface area (TPSA) is 17.1 Å². The highest BCUT2D eigenvalue weighted by molar-refractivity contribution is 7.27. The molecule has 0 aromatic heterocycles. The predicted octanol–water partition coefficient (Wildman–Crippen LogP) is 2.16. The van der Waals surface area contributed by atoms with Gasteiger partial charge in [0, 0.05) is 5.92 Å². The maximum atomic E-state index is 13.2. The molecule has 70 valence electrons. The molecule has 0 N–H and O–H groups in total. The molecule has 0 saturated heterocycles. The second-order valence-electron chi connectivity index (χ2n) is 3.26. The van der Waals surface area contributed by atoms with E-state index in [9.17, 15) is 9.18 Å². The molecule has 0 aliphatic heterocycles. The van der Waals surface area contributed by atoms with Crippen LogP contribution in [0, 0.1) is 11.7 Å². The van der Waals surface area contributed by atoms with E-state index in [0.717, 1.165) is 5.30 Å². The first-order valence-electron chi connectivity index (χ1n) is 4.11. The number of ketones is 1. The Hall–Kier alpha value is -0.750. The molecule has 0 amide bonds. The highest BCUT2D eigenvalue weighted by atomic mass is 31.0. The van der Waals surface area contributed by atoms with Crippen LogP contribution in [0.25, 0.3) is 0 Å². The molecule has 0 aliphatic rings. The van der Waals surface area contributed by atoms with Crippen molar-refractivity contribution >= 4 is 20.3 Å². The number of carbonyl (C=O) groups excluding carboxylic acids is 1. The van der Waals surface area contributed by atoms with Crippen LogP contribution in [0.2, 0.25) is 0 Å². The maximum absolute atomic E-state index is 13.2. The van der Waals surface area contributed by atoms with Crippen molar-refractivity contribution < 1.29 is 9.18 Å². The molecule has 1 rings (SSSR count). The van der Waals surface area contributed by atoms with E-state index in [1.165, 1.54) is 12.1 Å². The average Bonchev–Trinajstić information content (AvgIpc) is 2.03. The first-order valence-corrected chi connectivity index (χ1v) is 4.69. The summed E-state index contributed by atoms with van der Waals surface area (Å²) in [4.78, 5) is 11.4. The van der Waals surface area contributed by atoms with E-state index in [1.807, 2.05) is 0 Å². The van der Waals surface area contributed by atoms with Gasteiger partial charge in [-0.1, -0.05) is 19.9 Å². The van der Waals surface area contributed by atoms with Crippen molar-refractivity contribution in [2.75, 3.05) is 0 Å². The van der Waals surface area contributed by atoms with Gasteiger partial charge in [0.2, 0.25) is 0 Å². The number of benzene rings is 1. The SMILES string of the molecule is CC(C)C(=O)c1ccc(P)cc1F. The fraction of sp³-hybridized carbons (Fsp3) is 0.300. The van der Waals surface area contributed by atoms with Crippen LogP contribution in [-0.4, -0.2) is 5.78 Å². The molecule has 0 spiro atoms. The Morgan fingerprint density at radius 3 is 2.54 bits per heavy atom. The van der Waals surface area contributed by atoms with Gasteiger partial charge in [-0.25, -0.2) is 4.39 Å². The standard InChI is InChI=1S/C10H12FOP/c1-6(2)10(12)8-4-3-7(13)5-9(8)11/h3-6H,13H2,1-2H3. The minimum absolute atomic E-state index is 0.150. The van der Waals surface area contributed by atoms with Gasteiger partial charge in [0.05, 0.1) is 5.56 Å². The zero-order valence-corrected chi connectivity index (χ0v) is 8.83. The van der Waals surface area contributed by atoms with E-state index in [2.05, 4.69) is 9.24 Å². The Bertz CT molecular complexity index is 334. The third-order valence-electron chi connectivity index (χ3n) is 1.78. The Kier molecular flexibility index (Phi) is 3.16. The summed E-state index contributed by atoms with van der Waals surface area (Å²) in [5, 5.41) is 0.748. The van der Waals surface area contributed by atoms with Crippen LogP contribution in [0.1, 0.15) is 24.2 Å². The Balaban J connectivity index is 3.09. The Morgan fingerprint density at radius 1 is 1.46 bits per heavy atom. The molecule has 1 nitrogen and oxygen atoms in total. The van der Waals surface area contributed by atoms with E-state index in [0.29, 0.717) is 0 Å². The number of hydrogen-bond donors (Lipinski definition) is 0. The summed E-state index contributed by atoms with van der Waals surface area (Å²) in [6, 6.07) is 4.59. The molecule has 1 aromatic rings. The second-order valence-corrected chi connectivity index (χ2v) is 3.92. The molecule has 1 unspecified atom stereocenters. The molecule has 0 radical (unpaired) electrons. The first-order chi connectivity index (χ1) is 6.02. The summed E-state index contributed by atoms with van der Waals surface area (Å²) in [6.45, 7) is 3.52. The molecule has 0 fully saturated rings. The lowest BCUT2D eigenvalue weighted by Gasteiger charge is -2.05. The summed E-state index contributed by atoms with van der Waals surface area (Å²) in [5.41, 5.74) is 0.182. The van der Waals surface area contributed by atoms with Crippen LogP contribution >= 0.6 is 9.24 Å². The van der Waals surface area contributed by atoms with Gasteiger partial charge in [-0.15, -0.1) is 9.24 Å². The van der Waals surface area contributed by atoms with Crippen molar-refractivity contribution in [2.24, 2.45) is 5.92 Å².